The van der Waals surface area contributed by atoms with Gasteiger partial charge in [0.25, 0.3) is 20.0 Å². The first-order valence-corrected chi connectivity index (χ1v) is 12.6. The van der Waals surface area contributed by atoms with Crippen molar-refractivity contribution in [1.82, 2.24) is 0 Å². The Hall–Kier alpha value is -3.00. The first kappa shape index (κ1) is 25.6. The number of rotatable bonds is 7. The highest BCUT2D eigenvalue weighted by molar-refractivity contribution is 7.93. The smallest absolute Gasteiger partial charge is 0.265 e. The van der Waals surface area contributed by atoms with Gasteiger partial charge in [0.05, 0.1) is 22.1 Å². The molecule has 0 spiro atoms. The van der Waals surface area contributed by atoms with E-state index < -0.39 is 74.4 Å². The number of benzene rings is 3. The molecule has 0 bridgehead atoms. The maximum absolute atomic E-state index is 14.2. The average molecular weight is 555 g/mol. The topological polar surface area (TPSA) is 142 Å². The highest BCUT2D eigenvalue weighted by Crippen LogP contribution is 2.35. The maximum atomic E-state index is 14.2. The predicted octanol–water partition coefficient (Wildman–Crippen LogP) is 4.29. The van der Waals surface area contributed by atoms with Gasteiger partial charge in [-0.2, -0.15) is 0 Å². The van der Waals surface area contributed by atoms with E-state index in [1.807, 2.05) is 9.44 Å². The van der Waals surface area contributed by atoms with Crippen LogP contribution in [0.4, 0.5) is 20.2 Å². The fourth-order valence-electron chi connectivity index (χ4n) is 2.73. The van der Waals surface area contributed by atoms with Crippen molar-refractivity contribution in [2.45, 2.75) is 9.79 Å². The van der Waals surface area contributed by atoms with E-state index in [9.17, 15) is 35.8 Å². The molecule has 0 heterocycles. The molecule has 0 unspecified atom stereocenters. The number of ether oxygens (including phenoxy) is 1. The van der Waals surface area contributed by atoms with Crippen molar-refractivity contribution < 1.29 is 40.6 Å². The van der Waals surface area contributed by atoms with E-state index in [2.05, 4.69) is 0 Å². The molecule has 4 N–H and O–H groups in total. The molecule has 0 atom stereocenters. The molecule has 0 aliphatic rings. The number of nitrogens with one attached hydrogen (secondary N) is 2. The van der Waals surface area contributed by atoms with Crippen molar-refractivity contribution in [1.29, 1.82) is 0 Å². The summed E-state index contributed by atoms with van der Waals surface area (Å²) < 4.78 is 88.6. The van der Waals surface area contributed by atoms with Crippen LogP contribution in [0.3, 0.4) is 0 Å². The second-order valence-electron chi connectivity index (χ2n) is 6.59. The Morgan fingerprint density at radius 1 is 0.794 bits per heavy atom. The fraction of sp³-hybridized carbons (Fsp3) is 0.0526. The Kier molecular flexibility index (Phi) is 7.03. The molecule has 0 saturated carbocycles. The lowest BCUT2D eigenvalue weighted by molar-refractivity contribution is 0.402. The van der Waals surface area contributed by atoms with Gasteiger partial charge in [0, 0.05) is 24.3 Å². The van der Waals surface area contributed by atoms with Crippen LogP contribution in [-0.2, 0) is 20.0 Å². The first-order valence-electron chi connectivity index (χ1n) is 8.85. The number of aromatic hydroxyl groups is 2. The van der Waals surface area contributed by atoms with E-state index in [1.54, 1.807) is 0 Å². The zero-order valence-corrected chi connectivity index (χ0v) is 20.0. The second kappa shape index (κ2) is 9.33. The number of anilines is 2. The van der Waals surface area contributed by atoms with E-state index in [0.29, 0.717) is 18.2 Å². The highest BCUT2D eigenvalue weighted by Gasteiger charge is 2.27. The van der Waals surface area contributed by atoms with Crippen molar-refractivity contribution in [2.24, 2.45) is 0 Å². The Morgan fingerprint density at radius 3 is 1.71 bits per heavy atom. The van der Waals surface area contributed by atoms with Crippen LogP contribution in [0.25, 0.3) is 0 Å². The van der Waals surface area contributed by atoms with Gasteiger partial charge < -0.3 is 14.9 Å². The molecule has 3 aromatic carbocycles. The summed E-state index contributed by atoms with van der Waals surface area (Å²) in [6.45, 7) is 0. The lowest BCUT2D eigenvalue weighted by atomic mass is 10.3. The van der Waals surface area contributed by atoms with Crippen LogP contribution in [0.2, 0.25) is 10.0 Å². The molecule has 182 valence electrons. The summed E-state index contributed by atoms with van der Waals surface area (Å²) in [7, 11) is -8.20. The number of halogens is 4. The zero-order chi connectivity index (χ0) is 25.4. The zero-order valence-electron chi connectivity index (χ0n) is 16.8. The molecule has 15 heteroatoms. The van der Waals surface area contributed by atoms with Gasteiger partial charge >= 0.3 is 0 Å². The molecule has 0 radical (unpaired) electrons. The molecular formula is C19H14Cl2F2N2O7S2. The van der Waals surface area contributed by atoms with Gasteiger partial charge in [-0.15, -0.1) is 0 Å². The molecular weight excluding hydrogens is 541 g/mol. The fourth-order valence-corrected chi connectivity index (χ4v) is 5.82. The van der Waals surface area contributed by atoms with E-state index in [0.717, 1.165) is 31.4 Å². The van der Waals surface area contributed by atoms with Crippen molar-refractivity contribution in [3.8, 4) is 17.2 Å². The number of phenolic OH excluding ortho intramolecular Hbond substituents is 2. The third-order valence-electron chi connectivity index (χ3n) is 4.26. The standard InChI is InChI=1S/C19H14Cl2F2N2O7S2/c1-32-16-3-2-11(33(28,29)24-18-12(20)4-9(26)6-14(18)22)8-17(16)34(30,31)25-19-13(21)5-10(27)7-15(19)23/h2-8,24-27H,1H3. The van der Waals surface area contributed by atoms with Crippen LogP contribution in [0, 0.1) is 11.6 Å². The van der Waals surface area contributed by atoms with Gasteiger partial charge in [0.15, 0.2) is 11.6 Å². The van der Waals surface area contributed by atoms with Crippen molar-refractivity contribution >= 4 is 54.6 Å². The molecule has 0 aliphatic carbocycles. The number of methoxy groups -OCH3 is 1. The predicted molar refractivity (Wildman–Crippen MR) is 121 cm³/mol. The molecule has 3 rings (SSSR count). The quantitative estimate of drug-likeness (QED) is 0.319. The van der Waals surface area contributed by atoms with Gasteiger partial charge in [-0.1, -0.05) is 23.2 Å². The Morgan fingerprint density at radius 2 is 1.26 bits per heavy atom. The normalized spacial score (nSPS) is 11.8. The first-order chi connectivity index (χ1) is 15.7. The second-order valence-corrected chi connectivity index (χ2v) is 10.7. The lowest BCUT2D eigenvalue weighted by Crippen LogP contribution is -2.18. The molecule has 3 aromatic rings. The SMILES string of the molecule is COc1ccc(S(=O)(=O)Nc2c(F)cc(O)cc2Cl)cc1S(=O)(=O)Nc1c(F)cc(O)cc1Cl. The summed E-state index contributed by atoms with van der Waals surface area (Å²) >= 11 is 11.6. The lowest BCUT2D eigenvalue weighted by Gasteiger charge is -2.15. The molecule has 9 nitrogen and oxygen atoms in total. The molecule has 0 aromatic heterocycles. The van der Waals surface area contributed by atoms with Gasteiger partial charge in [-0.3, -0.25) is 9.44 Å². The van der Waals surface area contributed by atoms with Gasteiger partial charge in [0.2, 0.25) is 0 Å². The van der Waals surface area contributed by atoms with Crippen molar-refractivity contribution in [3.63, 3.8) is 0 Å². The number of hydrogen-bond acceptors (Lipinski definition) is 7. The minimum absolute atomic E-state index is 0.310. The van der Waals surface area contributed by atoms with Gasteiger partial charge in [-0.25, -0.2) is 25.6 Å². The largest absolute Gasteiger partial charge is 0.508 e. The molecule has 0 amide bonds. The summed E-state index contributed by atoms with van der Waals surface area (Å²) in [4.78, 5) is -1.37. The minimum Gasteiger partial charge on any atom is -0.508 e. The van der Waals surface area contributed by atoms with Crippen LogP contribution < -0.4 is 14.2 Å². The number of hydrogen-bond donors (Lipinski definition) is 4. The van der Waals surface area contributed by atoms with Crippen LogP contribution >= 0.6 is 23.2 Å². The summed E-state index contributed by atoms with van der Waals surface area (Å²) in [6, 6.07) is 5.68. The van der Waals surface area contributed by atoms with Crippen LogP contribution in [0.5, 0.6) is 17.2 Å². The molecule has 0 fully saturated rings. The summed E-state index contributed by atoms with van der Waals surface area (Å²) in [6.07, 6.45) is 0. The van der Waals surface area contributed by atoms with E-state index in [4.69, 9.17) is 27.9 Å². The third kappa shape index (κ3) is 5.22. The number of sulfonamides is 2. The van der Waals surface area contributed by atoms with Crippen LogP contribution in [-0.4, -0.2) is 34.2 Å². The average Bonchev–Trinajstić information content (AvgIpc) is 2.73. The highest BCUT2D eigenvalue weighted by atomic mass is 35.5. The maximum Gasteiger partial charge on any atom is 0.265 e. The number of phenols is 2. The van der Waals surface area contributed by atoms with Gasteiger partial charge in [0.1, 0.15) is 33.5 Å². The molecule has 0 saturated heterocycles. The van der Waals surface area contributed by atoms with Crippen molar-refractivity contribution in [2.75, 3.05) is 16.6 Å². The molecule has 0 aliphatic heterocycles. The monoisotopic (exact) mass is 554 g/mol. The van der Waals surface area contributed by atoms with E-state index >= 15 is 0 Å². The Labute approximate surface area is 202 Å². The molecule has 34 heavy (non-hydrogen) atoms. The van der Waals surface area contributed by atoms with E-state index in [1.165, 1.54) is 0 Å². The minimum atomic E-state index is -4.70. The summed E-state index contributed by atoms with van der Waals surface area (Å²) in [5.41, 5.74) is -1.39. The Balaban J connectivity index is 2.07. The van der Waals surface area contributed by atoms with Crippen LogP contribution in [0.15, 0.2) is 52.3 Å². The van der Waals surface area contributed by atoms with Crippen LogP contribution in [0.1, 0.15) is 0 Å². The summed E-state index contributed by atoms with van der Waals surface area (Å²) in [5, 5.41) is 17.8. The third-order valence-corrected chi connectivity index (χ3v) is 7.58. The Bertz CT molecular complexity index is 1450. The van der Waals surface area contributed by atoms with E-state index in [-0.39, 0.29) is 5.75 Å². The van der Waals surface area contributed by atoms with Crippen molar-refractivity contribution in [3.05, 3.63) is 64.1 Å². The summed E-state index contributed by atoms with van der Waals surface area (Å²) in [5.74, 6) is -3.79. The van der Waals surface area contributed by atoms with Gasteiger partial charge in [-0.05, 0) is 18.2 Å².